The van der Waals surface area contributed by atoms with Crippen molar-refractivity contribution in [1.29, 1.82) is 0 Å². The predicted octanol–water partition coefficient (Wildman–Crippen LogP) is 4.44. The van der Waals surface area contributed by atoms with E-state index < -0.39 is 6.10 Å². The Balaban J connectivity index is 1.61. The van der Waals surface area contributed by atoms with E-state index in [2.05, 4.69) is 30.4 Å². The molecule has 1 N–H and O–H groups in total. The Bertz CT molecular complexity index is 782. The van der Waals surface area contributed by atoms with Crippen LogP contribution in [0, 0.1) is 13.8 Å². The fourth-order valence-electron chi connectivity index (χ4n) is 3.32. The first kappa shape index (κ1) is 17.5. The second-order valence-corrected chi connectivity index (χ2v) is 7.12. The van der Waals surface area contributed by atoms with Crippen molar-refractivity contribution in [2.75, 3.05) is 0 Å². The molecule has 132 valence electrons. The molecule has 2 atom stereocenters. The smallest absolute Gasteiger partial charge is 0.261 e. The number of carbonyl (C=O) groups is 1. The van der Waals surface area contributed by atoms with E-state index in [0.29, 0.717) is 0 Å². The van der Waals surface area contributed by atoms with E-state index in [-0.39, 0.29) is 11.9 Å². The highest BCUT2D eigenvalue weighted by molar-refractivity contribution is 5.81. The lowest BCUT2D eigenvalue weighted by atomic mass is 10.0. The lowest BCUT2D eigenvalue weighted by Crippen LogP contribution is -2.37. The molecule has 0 aliphatic heterocycles. The maximum absolute atomic E-state index is 12.5. The highest BCUT2D eigenvalue weighted by atomic mass is 16.5. The average molecular weight is 337 g/mol. The zero-order valence-electron chi connectivity index (χ0n) is 15.6. The van der Waals surface area contributed by atoms with Crippen molar-refractivity contribution >= 4 is 5.91 Å². The fraction of sp³-hybridized carbons (Fsp3) is 0.409. The van der Waals surface area contributed by atoms with Crippen LogP contribution in [-0.2, 0) is 17.6 Å². The van der Waals surface area contributed by atoms with Crippen LogP contribution in [0.3, 0.4) is 0 Å². The molecule has 0 spiro atoms. The summed E-state index contributed by atoms with van der Waals surface area (Å²) in [5.41, 5.74) is 6.42. The Labute approximate surface area is 150 Å². The van der Waals surface area contributed by atoms with E-state index in [1.165, 1.54) is 29.5 Å². The summed E-state index contributed by atoms with van der Waals surface area (Å²) in [6.07, 6.45) is 3.03. The quantitative estimate of drug-likeness (QED) is 0.876. The fourth-order valence-corrected chi connectivity index (χ4v) is 3.32. The summed E-state index contributed by atoms with van der Waals surface area (Å²) < 4.78 is 5.81. The van der Waals surface area contributed by atoms with Crippen LogP contribution in [-0.4, -0.2) is 12.0 Å². The molecule has 1 aliphatic rings. The van der Waals surface area contributed by atoms with Crippen LogP contribution in [0.25, 0.3) is 0 Å². The summed E-state index contributed by atoms with van der Waals surface area (Å²) in [6.45, 7) is 7.92. The van der Waals surface area contributed by atoms with Gasteiger partial charge in [0.15, 0.2) is 6.10 Å². The third kappa shape index (κ3) is 4.04. The van der Waals surface area contributed by atoms with Crippen LogP contribution in [0.15, 0.2) is 36.4 Å². The normalized spacial score (nSPS) is 15.4. The van der Waals surface area contributed by atoms with E-state index in [9.17, 15) is 4.79 Å². The van der Waals surface area contributed by atoms with Crippen molar-refractivity contribution in [3.8, 4) is 5.75 Å². The lowest BCUT2D eigenvalue weighted by molar-refractivity contribution is -0.127. The van der Waals surface area contributed by atoms with Crippen LogP contribution < -0.4 is 10.1 Å². The molecule has 3 rings (SSSR count). The Kier molecular flexibility index (Phi) is 5.12. The number of benzene rings is 2. The molecule has 3 heteroatoms. The van der Waals surface area contributed by atoms with Gasteiger partial charge in [-0.25, -0.2) is 0 Å². The van der Waals surface area contributed by atoms with Crippen LogP contribution in [0.2, 0.25) is 0 Å². The number of ether oxygens (including phenoxy) is 1. The molecule has 0 aromatic heterocycles. The number of aryl methyl sites for hydroxylation is 4. The molecule has 0 heterocycles. The van der Waals surface area contributed by atoms with Crippen LogP contribution in [0.1, 0.15) is 54.1 Å². The molecule has 2 aromatic carbocycles. The van der Waals surface area contributed by atoms with E-state index in [1.54, 1.807) is 6.92 Å². The molecule has 0 saturated heterocycles. The van der Waals surface area contributed by atoms with Gasteiger partial charge in [0.2, 0.25) is 0 Å². The standard InChI is InChI=1S/C22H27NO2/c1-14-8-11-21(12-15(14)2)25-17(4)22(24)23-16(3)19-10-9-18-6-5-7-20(18)13-19/h8-13,16-17H,5-7H2,1-4H3,(H,23,24)/t16-,17+/m1/s1. The first-order valence-corrected chi connectivity index (χ1v) is 9.10. The van der Waals surface area contributed by atoms with Gasteiger partial charge in [-0.3, -0.25) is 4.79 Å². The van der Waals surface area contributed by atoms with Gasteiger partial charge >= 0.3 is 0 Å². The number of carbonyl (C=O) groups excluding carboxylic acids is 1. The van der Waals surface area contributed by atoms with Gasteiger partial charge in [0.1, 0.15) is 5.75 Å². The summed E-state index contributed by atoms with van der Waals surface area (Å²) in [7, 11) is 0. The zero-order chi connectivity index (χ0) is 18.0. The van der Waals surface area contributed by atoms with Crippen molar-refractivity contribution in [3.05, 3.63) is 64.2 Å². The first-order chi connectivity index (χ1) is 11.9. The minimum absolute atomic E-state index is 0.0239. The highest BCUT2D eigenvalue weighted by Gasteiger charge is 2.19. The Morgan fingerprint density at radius 1 is 1.00 bits per heavy atom. The highest BCUT2D eigenvalue weighted by Crippen LogP contribution is 2.25. The Morgan fingerprint density at radius 3 is 2.52 bits per heavy atom. The number of hydrogen-bond acceptors (Lipinski definition) is 2. The van der Waals surface area contributed by atoms with Crippen molar-refractivity contribution in [1.82, 2.24) is 5.32 Å². The van der Waals surface area contributed by atoms with Gasteiger partial charge in [0.25, 0.3) is 5.91 Å². The largest absolute Gasteiger partial charge is 0.481 e. The van der Waals surface area contributed by atoms with E-state index in [4.69, 9.17) is 4.74 Å². The topological polar surface area (TPSA) is 38.3 Å². The summed E-state index contributed by atoms with van der Waals surface area (Å²) >= 11 is 0. The molecule has 0 saturated carbocycles. The molecule has 25 heavy (non-hydrogen) atoms. The maximum atomic E-state index is 12.5. The number of nitrogens with one attached hydrogen (secondary N) is 1. The van der Waals surface area contributed by atoms with Gasteiger partial charge in [-0.05, 0) is 86.9 Å². The summed E-state index contributed by atoms with van der Waals surface area (Å²) in [6, 6.07) is 12.5. The molecular weight excluding hydrogens is 310 g/mol. The first-order valence-electron chi connectivity index (χ1n) is 9.10. The van der Waals surface area contributed by atoms with Crippen LogP contribution in [0.4, 0.5) is 0 Å². The second-order valence-electron chi connectivity index (χ2n) is 7.12. The Morgan fingerprint density at radius 2 is 1.76 bits per heavy atom. The number of fused-ring (bicyclic) bond motifs is 1. The minimum Gasteiger partial charge on any atom is -0.481 e. The van der Waals surface area contributed by atoms with Crippen LogP contribution in [0.5, 0.6) is 5.75 Å². The zero-order valence-corrected chi connectivity index (χ0v) is 15.6. The van der Waals surface area contributed by atoms with E-state index in [1.807, 2.05) is 32.0 Å². The van der Waals surface area contributed by atoms with Crippen molar-refractivity contribution in [2.24, 2.45) is 0 Å². The molecule has 0 bridgehead atoms. The minimum atomic E-state index is -0.529. The molecule has 3 nitrogen and oxygen atoms in total. The van der Waals surface area contributed by atoms with E-state index in [0.717, 1.165) is 23.3 Å². The van der Waals surface area contributed by atoms with Gasteiger partial charge in [-0.2, -0.15) is 0 Å². The molecule has 0 unspecified atom stereocenters. The average Bonchev–Trinajstić information content (AvgIpc) is 3.05. The SMILES string of the molecule is Cc1ccc(O[C@@H](C)C(=O)N[C@H](C)c2ccc3c(c2)CCC3)cc1C. The predicted molar refractivity (Wildman–Crippen MR) is 101 cm³/mol. The van der Waals surface area contributed by atoms with Crippen molar-refractivity contribution < 1.29 is 9.53 Å². The number of rotatable bonds is 5. The van der Waals surface area contributed by atoms with Gasteiger partial charge in [0.05, 0.1) is 6.04 Å². The number of hydrogen-bond donors (Lipinski definition) is 1. The summed E-state index contributed by atoms with van der Waals surface area (Å²) in [4.78, 5) is 12.5. The van der Waals surface area contributed by atoms with E-state index >= 15 is 0 Å². The lowest BCUT2D eigenvalue weighted by Gasteiger charge is -2.20. The monoisotopic (exact) mass is 337 g/mol. The number of amides is 1. The van der Waals surface area contributed by atoms with Crippen molar-refractivity contribution in [3.63, 3.8) is 0 Å². The van der Waals surface area contributed by atoms with Gasteiger partial charge in [-0.1, -0.05) is 24.3 Å². The van der Waals surface area contributed by atoms with Gasteiger partial charge in [0, 0.05) is 0 Å². The summed E-state index contributed by atoms with van der Waals surface area (Å²) in [5.74, 6) is 0.641. The molecule has 1 aliphatic carbocycles. The molecule has 0 radical (unpaired) electrons. The molecule has 2 aromatic rings. The Hall–Kier alpha value is -2.29. The third-order valence-corrected chi connectivity index (χ3v) is 5.14. The van der Waals surface area contributed by atoms with Crippen molar-refractivity contribution in [2.45, 2.75) is 59.1 Å². The molecule has 0 fully saturated rings. The van der Waals surface area contributed by atoms with Gasteiger partial charge < -0.3 is 10.1 Å². The second kappa shape index (κ2) is 7.30. The summed E-state index contributed by atoms with van der Waals surface area (Å²) in [5, 5.41) is 3.07. The van der Waals surface area contributed by atoms with Gasteiger partial charge in [-0.15, -0.1) is 0 Å². The third-order valence-electron chi connectivity index (χ3n) is 5.14. The molecule has 1 amide bonds. The molecular formula is C22H27NO2. The van der Waals surface area contributed by atoms with Crippen LogP contribution >= 0.6 is 0 Å². The maximum Gasteiger partial charge on any atom is 0.261 e.